The molecule has 0 saturated carbocycles. The van der Waals surface area contributed by atoms with Crippen LogP contribution >= 0.6 is 0 Å². The first-order chi connectivity index (χ1) is 10.1. The summed E-state index contributed by atoms with van der Waals surface area (Å²) in [6.45, 7) is 4.41. The molecular weight excluding hydrogens is 260 g/mol. The molecule has 106 valence electrons. The molecule has 1 aromatic heterocycles. The highest BCUT2D eigenvalue weighted by molar-refractivity contribution is 5.79. The average molecular weight is 278 g/mol. The topological polar surface area (TPSA) is 45.8 Å². The van der Waals surface area contributed by atoms with E-state index in [-0.39, 0.29) is 5.56 Å². The predicted octanol–water partition coefficient (Wildman–Crippen LogP) is 3.79. The van der Waals surface area contributed by atoms with Crippen molar-refractivity contribution in [3.8, 4) is 11.4 Å². The molecule has 21 heavy (non-hydrogen) atoms. The molecule has 0 atom stereocenters. The number of rotatable bonds is 3. The molecule has 2 aromatic carbocycles. The standard InChI is InChI=1S/C18H18N2O/c1-12(2)11-13-7-9-14(10-8-13)17-19-16-6-4-3-5-15(16)18(21)20-17/h3-10,12H,11H2,1-2H3,(H,19,20,21). The molecule has 0 aliphatic carbocycles. The van der Waals surface area contributed by atoms with E-state index >= 15 is 0 Å². The van der Waals surface area contributed by atoms with Crippen LogP contribution < -0.4 is 5.56 Å². The number of nitrogens with one attached hydrogen (secondary N) is 1. The van der Waals surface area contributed by atoms with Crippen LogP contribution in [-0.4, -0.2) is 9.97 Å². The lowest BCUT2D eigenvalue weighted by Crippen LogP contribution is -2.09. The number of hydrogen-bond acceptors (Lipinski definition) is 2. The van der Waals surface area contributed by atoms with Gasteiger partial charge in [-0.15, -0.1) is 0 Å². The molecule has 3 aromatic rings. The molecule has 0 amide bonds. The van der Waals surface area contributed by atoms with Crippen molar-refractivity contribution < 1.29 is 0 Å². The van der Waals surface area contributed by atoms with Crippen LogP contribution in [0.25, 0.3) is 22.3 Å². The summed E-state index contributed by atoms with van der Waals surface area (Å²) in [4.78, 5) is 19.5. The Morgan fingerprint density at radius 1 is 1.05 bits per heavy atom. The summed E-state index contributed by atoms with van der Waals surface area (Å²) >= 11 is 0. The minimum atomic E-state index is -0.0955. The maximum atomic E-state index is 12.1. The molecule has 0 spiro atoms. The largest absolute Gasteiger partial charge is 0.306 e. The summed E-state index contributed by atoms with van der Waals surface area (Å²) < 4.78 is 0. The first-order valence-corrected chi connectivity index (χ1v) is 7.22. The van der Waals surface area contributed by atoms with E-state index in [1.165, 1.54) is 5.56 Å². The minimum Gasteiger partial charge on any atom is -0.306 e. The second kappa shape index (κ2) is 5.52. The number of fused-ring (bicyclic) bond motifs is 1. The zero-order valence-corrected chi connectivity index (χ0v) is 12.3. The average Bonchev–Trinajstić information content (AvgIpc) is 2.47. The van der Waals surface area contributed by atoms with Crippen molar-refractivity contribution >= 4 is 10.9 Å². The number of H-pyrrole nitrogens is 1. The number of aromatic nitrogens is 2. The summed E-state index contributed by atoms with van der Waals surface area (Å²) in [7, 11) is 0. The van der Waals surface area contributed by atoms with E-state index in [0.29, 0.717) is 17.1 Å². The van der Waals surface area contributed by atoms with Crippen molar-refractivity contribution in [3.05, 3.63) is 64.4 Å². The second-order valence-electron chi connectivity index (χ2n) is 5.73. The van der Waals surface area contributed by atoms with Crippen molar-refractivity contribution in [1.82, 2.24) is 9.97 Å². The first kappa shape index (κ1) is 13.6. The summed E-state index contributed by atoms with van der Waals surface area (Å²) in [5.41, 5.74) is 2.87. The van der Waals surface area contributed by atoms with Gasteiger partial charge in [0.05, 0.1) is 10.9 Å². The van der Waals surface area contributed by atoms with Crippen LogP contribution in [0.15, 0.2) is 53.3 Å². The van der Waals surface area contributed by atoms with Gasteiger partial charge in [0.1, 0.15) is 5.82 Å². The zero-order valence-electron chi connectivity index (χ0n) is 12.3. The van der Waals surface area contributed by atoms with E-state index < -0.39 is 0 Å². The molecular formula is C18H18N2O. The Balaban J connectivity index is 2.02. The third-order valence-corrected chi connectivity index (χ3v) is 3.48. The van der Waals surface area contributed by atoms with Gasteiger partial charge in [-0.2, -0.15) is 0 Å². The van der Waals surface area contributed by atoms with Crippen LogP contribution in [0.3, 0.4) is 0 Å². The number of aromatic amines is 1. The molecule has 1 N–H and O–H groups in total. The molecule has 0 saturated heterocycles. The Morgan fingerprint density at radius 3 is 2.48 bits per heavy atom. The smallest absolute Gasteiger partial charge is 0.259 e. The van der Waals surface area contributed by atoms with Crippen molar-refractivity contribution in [2.75, 3.05) is 0 Å². The van der Waals surface area contributed by atoms with Gasteiger partial charge < -0.3 is 4.98 Å². The van der Waals surface area contributed by atoms with E-state index in [1.807, 2.05) is 30.3 Å². The number of para-hydroxylation sites is 1. The molecule has 3 nitrogen and oxygen atoms in total. The predicted molar refractivity (Wildman–Crippen MR) is 86.3 cm³/mol. The molecule has 3 heteroatoms. The number of benzene rings is 2. The molecule has 1 heterocycles. The Morgan fingerprint density at radius 2 is 1.76 bits per heavy atom. The third-order valence-electron chi connectivity index (χ3n) is 3.48. The maximum Gasteiger partial charge on any atom is 0.259 e. The normalized spacial score (nSPS) is 11.2. The third kappa shape index (κ3) is 2.87. The molecule has 0 aliphatic rings. The lowest BCUT2D eigenvalue weighted by Gasteiger charge is -2.07. The fraction of sp³-hybridized carbons (Fsp3) is 0.222. The Kier molecular flexibility index (Phi) is 3.57. The van der Waals surface area contributed by atoms with E-state index in [1.54, 1.807) is 6.07 Å². The second-order valence-corrected chi connectivity index (χ2v) is 5.73. The summed E-state index contributed by atoms with van der Waals surface area (Å²) in [6.07, 6.45) is 1.06. The molecule has 0 radical (unpaired) electrons. The SMILES string of the molecule is CC(C)Cc1ccc(-c2nc3ccccc3c(=O)[nH]2)cc1. The summed E-state index contributed by atoms with van der Waals surface area (Å²) in [6, 6.07) is 15.6. The quantitative estimate of drug-likeness (QED) is 0.792. The highest BCUT2D eigenvalue weighted by Crippen LogP contribution is 2.18. The van der Waals surface area contributed by atoms with Crippen molar-refractivity contribution in [2.24, 2.45) is 5.92 Å². The van der Waals surface area contributed by atoms with Gasteiger partial charge in [-0.3, -0.25) is 4.79 Å². The molecule has 0 aliphatic heterocycles. The van der Waals surface area contributed by atoms with Gasteiger partial charge in [-0.25, -0.2) is 4.98 Å². The highest BCUT2D eigenvalue weighted by atomic mass is 16.1. The van der Waals surface area contributed by atoms with Crippen LogP contribution in [0, 0.1) is 5.92 Å². The first-order valence-electron chi connectivity index (χ1n) is 7.22. The van der Waals surface area contributed by atoms with Crippen LogP contribution in [0.5, 0.6) is 0 Å². The van der Waals surface area contributed by atoms with Crippen molar-refractivity contribution in [3.63, 3.8) is 0 Å². The minimum absolute atomic E-state index is 0.0955. The molecule has 3 rings (SSSR count). The van der Waals surface area contributed by atoms with E-state index in [0.717, 1.165) is 17.5 Å². The van der Waals surface area contributed by atoms with Gasteiger partial charge in [0.15, 0.2) is 0 Å². The molecule has 0 bridgehead atoms. The van der Waals surface area contributed by atoms with Crippen LogP contribution in [-0.2, 0) is 6.42 Å². The van der Waals surface area contributed by atoms with Gasteiger partial charge >= 0.3 is 0 Å². The fourth-order valence-electron chi connectivity index (χ4n) is 2.49. The van der Waals surface area contributed by atoms with E-state index in [9.17, 15) is 4.79 Å². The van der Waals surface area contributed by atoms with Crippen LogP contribution in [0.4, 0.5) is 0 Å². The summed E-state index contributed by atoms with van der Waals surface area (Å²) in [5, 5.41) is 0.623. The van der Waals surface area contributed by atoms with Gasteiger partial charge in [-0.1, -0.05) is 50.2 Å². The Hall–Kier alpha value is -2.42. The molecule has 0 unspecified atom stereocenters. The maximum absolute atomic E-state index is 12.1. The van der Waals surface area contributed by atoms with E-state index in [2.05, 4.69) is 35.9 Å². The van der Waals surface area contributed by atoms with Crippen molar-refractivity contribution in [1.29, 1.82) is 0 Å². The van der Waals surface area contributed by atoms with Gasteiger partial charge in [0, 0.05) is 5.56 Å². The van der Waals surface area contributed by atoms with Crippen LogP contribution in [0.2, 0.25) is 0 Å². The van der Waals surface area contributed by atoms with E-state index in [4.69, 9.17) is 0 Å². The monoisotopic (exact) mass is 278 g/mol. The summed E-state index contributed by atoms with van der Waals surface area (Å²) in [5.74, 6) is 1.25. The van der Waals surface area contributed by atoms with Crippen LogP contribution in [0.1, 0.15) is 19.4 Å². The lowest BCUT2D eigenvalue weighted by molar-refractivity contribution is 0.647. The van der Waals surface area contributed by atoms with Gasteiger partial charge in [0.2, 0.25) is 0 Å². The molecule has 0 fully saturated rings. The van der Waals surface area contributed by atoms with Crippen molar-refractivity contribution in [2.45, 2.75) is 20.3 Å². The lowest BCUT2D eigenvalue weighted by atomic mass is 10.0. The van der Waals surface area contributed by atoms with Gasteiger partial charge in [-0.05, 0) is 30.0 Å². The van der Waals surface area contributed by atoms with Gasteiger partial charge in [0.25, 0.3) is 5.56 Å². The highest BCUT2D eigenvalue weighted by Gasteiger charge is 2.06. The Bertz CT molecular complexity index is 816. The zero-order chi connectivity index (χ0) is 14.8. The Labute approximate surface area is 123 Å². The number of hydrogen-bond donors (Lipinski definition) is 1. The number of nitrogens with zero attached hydrogens (tertiary/aromatic N) is 1. The fourth-order valence-corrected chi connectivity index (χ4v) is 2.49.